The van der Waals surface area contributed by atoms with Crippen molar-refractivity contribution in [3.63, 3.8) is 0 Å². The molecule has 3 aromatic rings. The van der Waals surface area contributed by atoms with Crippen LogP contribution in [-0.2, 0) is 6.54 Å². The number of carbonyl (C=O) groups is 2. The van der Waals surface area contributed by atoms with Crippen molar-refractivity contribution in [2.24, 2.45) is 0 Å². The Bertz CT molecular complexity index is 955. The molecular formula is C18H16N4O2. The Hall–Kier alpha value is -3.15. The number of benzene rings is 2. The van der Waals surface area contributed by atoms with Crippen LogP contribution in [0.1, 0.15) is 20.8 Å². The van der Waals surface area contributed by atoms with E-state index in [0.29, 0.717) is 30.2 Å². The van der Waals surface area contributed by atoms with Gasteiger partial charge in [0.1, 0.15) is 5.69 Å². The molecule has 0 spiro atoms. The van der Waals surface area contributed by atoms with E-state index >= 15 is 0 Å². The van der Waals surface area contributed by atoms with Crippen molar-refractivity contribution in [2.45, 2.75) is 6.54 Å². The number of nitrogens with one attached hydrogen (secondary N) is 1. The van der Waals surface area contributed by atoms with E-state index in [1.165, 1.54) is 0 Å². The van der Waals surface area contributed by atoms with Crippen molar-refractivity contribution in [3.8, 4) is 0 Å². The highest BCUT2D eigenvalue weighted by molar-refractivity contribution is 6.12. The van der Waals surface area contributed by atoms with Crippen LogP contribution in [0.4, 0.5) is 5.82 Å². The minimum atomic E-state index is -0.233. The quantitative estimate of drug-likeness (QED) is 0.788. The number of amides is 2. The van der Waals surface area contributed by atoms with E-state index in [0.717, 1.165) is 10.8 Å². The van der Waals surface area contributed by atoms with Crippen LogP contribution < -0.4 is 5.32 Å². The van der Waals surface area contributed by atoms with Gasteiger partial charge >= 0.3 is 0 Å². The zero-order valence-corrected chi connectivity index (χ0v) is 13.2. The molecule has 1 aliphatic rings. The number of rotatable bonds is 2. The third kappa shape index (κ3) is 2.32. The van der Waals surface area contributed by atoms with Gasteiger partial charge in [-0.2, -0.15) is 5.10 Å². The molecule has 1 aliphatic heterocycles. The molecule has 0 radical (unpaired) electrons. The molecule has 4 rings (SSSR count). The van der Waals surface area contributed by atoms with Crippen LogP contribution >= 0.6 is 0 Å². The number of carbonyl (C=O) groups excluding carboxylic acids is 2. The monoisotopic (exact) mass is 320 g/mol. The fourth-order valence-corrected chi connectivity index (χ4v) is 2.97. The molecule has 0 fully saturated rings. The molecule has 0 saturated carbocycles. The average Bonchev–Trinajstić information content (AvgIpc) is 3.01. The van der Waals surface area contributed by atoms with Gasteiger partial charge in [0, 0.05) is 25.2 Å². The van der Waals surface area contributed by atoms with Crippen molar-refractivity contribution >= 4 is 28.4 Å². The second-order valence-corrected chi connectivity index (χ2v) is 5.85. The van der Waals surface area contributed by atoms with Gasteiger partial charge in [-0.05, 0) is 16.8 Å². The molecule has 1 N–H and O–H groups in total. The van der Waals surface area contributed by atoms with Crippen LogP contribution in [0.5, 0.6) is 0 Å². The predicted octanol–water partition coefficient (Wildman–Crippen LogP) is 2.37. The number of anilines is 1. The summed E-state index contributed by atoms with van der Waals surface area (Å²) in [7, 11) is 1.76. The van der Waals surface area contributed by atoms with Crippen LogP contribution in [0.2, 0.25) is 0 Å². The zero-order valence-electron chi connectivity index (χ0n) is 13.2. The standard InChI is InChI=1S/C18H16N4O2/c1-21-9-10-22-15(18(21)24)11-16(20-22)19-17(23)14-8-4-6-12-5-2-3-7-13(12)14/h2-8,11H,9-10H2,1H3,(H,19,20,23). The molecule has 6 nitrogen and oxygen atoms in total. The first-order valence-corrected chi connectivity index (χ1v) is 7.76. The van der Waals surface area contributed by atoms with E-state index in [1.54, 1.807) is 28.8 Å². The van der Waals surface area contributed by atoms with Gasteiger partial charge in [0.05, 0.1) is 6.54 Å². The molecule has 6 heteroatoms. The molecule has 2 heterocycles. The third-order valence-corrected chi connectivity index (χ3v) is 4.27. The van der Waals surface area contributed by atoms with Crippen LogP contribution in [0.15, 0.2) is 48.5 Å². The largest absolute Gasteiger partial charge is 0.339 e. The highest BCUT2D eigenvalue weighted by Crippen LogP contribution is 2.21. The minimum Gasteiger partial charge on any atom is -0.339 e. The van der Waals surface area contributed by atoms with Gasteiger partial charge in [0.15, 0.2) is 5.82 Å². The lowest BCUT2D eigenvalue weighted by molar-refractivity contribution is 0.0742. The van der Waals surface area contributed by atoms with Crippen molar-refractivity contribution in [3.05, 3.63) is 59.8 Å². The summed E-state index contributed by atoms with van der Waals surface area (Å²) < 4.78 is 1.64. The van der Waals surface area contributed by atoms with Crippen LogP contribution in [-0.4, -0.2) is 40.1 Å². The molecule has 0 aliphatic carbocycles. The normalized spacial score (nSPS) is 13.9. The topological polar surface area (TPSA) is 67.2 Å². The molecule has 24 heavy (non-hydrogen) atoms. The Kier molecular flexibility index (Phi) is 3.30. The van der Waals surface area contributed by atoms with Crippen molar-refractivity contribution in [1.82, 2.24) is 14.7 Å². The second-order valence-electron chi connectivity index (χ2n) is 5.85. The average molecular weight is 320 g/mol. The fraction of sp³-hybridized carbons (Fsp3) is 0.167. The smallest absolute Gasteiger partial charge is 0.272 e. The first-order chi connectivity index (χ1) is 11.6. The predicted molar refractivity (Wildman–Crippen MR) is 91.1 cm³/mol. The number of aromatic nitrogens is 2. The van der Waals surface area contributed by atoms with Gasteiger partial charge in [0.2, 0.25) is 0 Å². The maximum Gasteiger partial charge on any atom is 0.272 e. The van der Waals surface area contributed by atoms with E-state index in [4.69, 9.17) is 0 Å². The molecule has 1 aromatic heterocycles. The lowest BCUT2D eigenvalue weighted by Gasteiger charge is -2.22. The molecular weight excluding hydrogens is 304 g/mol. The molecule has 2 amide bonds. The van der Waals surface area contributed by atoms with E-state index in [9.17, 15) is 9.59 Å². The molecule has 0 bridgehead atoms. The van der Waals surface area contributed by atoms with Crippen molar-refractivity contribution < 1.29 is 9.59 Å². The Morgan fingerprint density at radius 1 is 1.12 bits per heavy atom. The number of nitrogens with zero attached hydrogens (tertiary/aromatic N) is 3. The Balaban J connectivity index is 1.65. The van der Waals surface area contributed by atoms with Gasteiger partial charge < -0.3 is 10.2 Å². The van der Waals surface area contributed by atoms with Gasteiger partial charge in [-0.3, -0.25) is 14.3 Å². The van der Waals surface area contributed by atoms with E-state index in [2.05, 4.69) is 10.4 Å². The number of hydrogen-bond acceptors (Lipinski definition) is 3. The second kappa shape index (κ2) is 5.49. The number of hydrogen-bond donors (Lipinski definition) is 1. The van der Waals surface area contributed by atoms with Crippen molar-refractivity contribution in [1.29, 1.82) is 0 Å². The number of likely N-dealkylation sites (N-methyl/N-ethyl adjacent to an activating group) is 1. The lowest BCUT2D eigenvalue weighted by Crippen LogP contribution is -2.37. The van der Waals surface area contributed by atoms with E-state index < -0.39 is 0 Å². The summed E-state index contributed by atoms with van der Waals surface area (Å²) in [6.45, 7) is 1.24. The SMILES string of the molecule is CN1CCn2nc(NC(=O)c3cccc4ccccc34)cc2C1=O. The third-order valence-electron chi connectivity index (χ3n) is 4.27. The highest BCUT2D eigenvalue weighted by Gasteiger charge is 2.24. The minimum absolute atomic E-state index is 0.0839. The summed E-state index contributed by atoms with van der Waals surface area (Å²) in [6, 6.07) is 15.0. The van der Waals surface area contributed by atoms with Gasteiger partial charge in [-0.15, -0.1) is 0 Å². The maximum atomic E-state index is 12.6. The van der Waals surface area contributed by atoms with Crippen LogP contribution in [0.25, 0.3) is 10.8 Å². The molecule has 0 saturated heterocycles. The summed E-state index contributed by atoms with van der Waals surface area (Å²) >= 11 is 0. The first kappa shape index (κ1) is 14.4. The maximum absolute atomic E-state index is 12.6. The molecule has 0 atom stereocenters. The Labute approximate surface area is 138 Å². The summed E-state index contributed by atoms with van der Waals surface area (Å²) in [6.07, 6.45) is 0. The summed E-state index contributed by atoms with van der Waals surface area (Å²) in [5, 5.41) is 9.01. The highest BCUT2D eigenvalue weighted by atomic mass is 16.2. The van der Waals surface area contributed by atoms with Gasteiger partial charge in [-0.1, -0.05) is 36.4 Å². The Morgan fingerprint density at radius 2 is 1.92 bits per heavy atom. The van der Waals surface area contributed by atoms with Crippen LogP contribution in [0.3, 0.4) is 0 Å². The van der Waals surface area contributed by atoms with E-state index in [1.807, 2.05) is 36.4 Å². The van der Waals surface area contributed by atoms with Gasteiger partial charge in [0.25, 0.3) is 11.8 Å². The zero-order chi connectivity index (χ0) is 16.7. The Morgan fingerprint density at radius 3 is 2.79 bits per heavy atom. The fourth-order valence-electron chi connectivity index (χ4n) is 2.97. The van der Waals surface area contributed by atoms with E-state index in [-0.39, 0.29) is 11.8 Å². The molecule has 0 unspecified atom stereocenters. The lowest BCUT2D eigenvalue weighted by atomic mass is 10.0. The summed E-state index contributed by atoms with van der Waals surface area (Å²) in [4.78, 5) is 26.4. The van der Waals surface area contributed by atoms with Crippen molar-refractivity contribution in [2.75, 3.05) is 18.9 Å². The molecule has 120 valence electrons. The first-order valence-electron chi connectivity index (χ1n) is 7.76. The summed E-state index contributed by atoms with van der Waals surface area (Å²) in [5.74, 6) is 0.0778. The summed E-state index contributed by atoms with van der Waals surface area (Å²) in [5.41, 5.74) is 1.08. The van der Waals surface area contributed by atoms with Gasteiger partial charge in [-0.25, -0.2) is 0 Å². The van der Waals surface area contributed by atoms with Crippen LogP contribution in [0, 0.1) is 0 Å². The molecule has 2 aromatic carbocycles. The number of fused-ring (bicyclic) bond motifs is 2.